The smallest absolute Gasteiger partial charge is 0.264 e. The van der Waals surface area contributed by atoms with Crippen molar-refractivity contribution in [3.8, 4) is 0 Å². The molecule has 9 heteroatoms. The quantitative estimate of drug-likeness (QED) is 0.400. The predicted octanol–water partition coefficient (Wildman–Crippen LogP) is 4.79. The van der Waals surface area contributed by atoms with E-state index in [1.165, 1.54) is 29.2 Å². The van der Waals surface area contributed by atoms with E-state index in [9.17, 15) is 18.0 Å². The van der Waals surface area contributed by atoms with Gasteiger partial charge in [-0.05, 0) is 69.7 Å². The fourth-order valence-electron chi connectivity index (χ4n) is 3.74. The van der Waals surface area contributed by atoms with Crippen molar-refractivity contribution >= 4 is 39.1 Å². The number of nitrogens with zero attached hydrogens (tertiary/aromatic N) is 2. The van der Waals surface area contributed by atoms with E-state index in [0.717, 1.165) is 15.4 Å². The number of aryl methyl sites for hydroxylation is 1. The number of nitrogens with one attached hydrogen (secondary N) is 1. The Bertz CT molecular complexity index is 1310. The van der Waals surface area contributed by atoms with Gasteiger partial charge in [0.1, 0.15) is 12.6 Å². The summed E-state index contributed by atoms with van der Waals surface area (Å²) in [6, 6.07) is 21.0. The van der Waals surface area contributed by atoms with Crippen molar-refractivity contribution in [2.24, 2.45) is 0 Å². The van der Waals surface area contributed by atoms with Crippen molar-refractivity contribution in [2.45, 2.75) is 51.2 Å². The molecule has 196 valence electrons. The number of benzene rings is 3. The summed E-state index contributed by atoms with van der Waals surface area (Å²) in [5, 5.41) is 3.24. The Labute approximate surface area is 224 Å². The molecule has 0 aliphatic heterocycles. The SMILES string of the molecule is Cc1ccc(N(CC(=O)N(Cc2ccccc2)[C@@H](C)C(=O)NC(C)C)S(=O)(=O)c2ccc(Cl)cc2)cc1. The molecule has 3 aromatic rings. The normalized spacial score (nSPS) is 12.2. The third-order valence-electron chi connectivity index (χ3n) is 5.80. The van der Waals surface area contributed by atoms with E-state index in [0.29, 0.717) is 10.7 Å². The fourth-order valence-corrected chi connectivity index (χ4v) is 5.28. The summed E-state index contributed by atoms with van der Waals surface area (Å²) in [6.45, 7) is 6.87. The van der Waals surface area contributed by atoms with E-state index in [1.807, 2.05) is 51.1 Å². The lowest BCUT2D eigenvalue weighted by molar-refractivity contribution is -0.139. The number of sulfonamides is 1. The minimum absolute atomic E-state index is 0.00508. The third-order valence-corrected chi connectivity index (χ3v) is 7.84. The van der Waals surface area contributed by atoms with Gasteiger partial charge in [0, 0.05) is 17.6 Å². The van der Waals surface area contributed by atoms with Gasteiger partial charge in [0.15, 0.2) is 0 Å². The second-order valence-corrected chi connectivity index (χ2v) is 11.4. The first-order valence-corrected chi connectivity index (χ1v) is 13.8. The molecule has 0 unspecified atom stereocenters. The zero-order valence-corrected chi connectivity index (χ0v) is 23.0. The number of carbonyl (C=O) groups excluding carboxylic acids is 2. The first-order valence-electron chi connectivity index (χ1n) is 12.0. The summed E-state index contributed by atoms with van der Waals surface area (Å²) in [6.07, 6.45) is 0. The Balaban J connectivity index is 2.01. The van der Waals surface area contributed by atoms with Crippen LogP contribution in [-0.2, 0) is 26.2 Å². The van der Waals surface area contributed by atoms with E-state index in [1.54, 1.807) is 31.2 Å². The van der Waals surface area contributed by atoms with Crippen molar-refractivity contribution in [1.29, 1.82) is 0 Å². The third kappa shape index (κ3) is 7.33. The second-order valence-electron chi connectivity index (χ2n) is 9.15. The molecule has 0 fully saturated rings. The van der Waals surface area contributed by atoms with Crippen LogP contribution in [0.3, 0.4) is 0 Å². The number of amides is 2. The van der Waals surface area contributed by atoms with Gasteiger partial charge in [0.25, 0.3) is 10.0 Å². The van der Waals surface area contributed by atoms with Gasteiger partial charge >= 0.3 is 0 Å². The summed E-state index contributed by atoms with van der Waals surface area (Å²) in [5.74, 6) is -0.824. The van der Waals surface area contributed by atoms with Crippen molar-refractivity contribution < 1.29 is 18.0 Å². The van der Waals surface area contributed by atoms with Crippen LogP contribution in [0.1, 0.15) is 31.9 Å². The van der Waals surface area contributed by atoms with Crippen LogP contribution in [0.5, 0.6) is 0 Å². The molecule has 0 bridgehead atoms. The molecular formula is C28H32ClN3O4S. The highest BCUT2D eigenvalue weighted by molar-refractivity contribution is 7.92. The highest BCUT2D eigenvalue weighted by atomic mass is 35.5. The van der Waals surface area contributed by atoms with Crippen molar-refractivity contribution in [1.82, 2.24) is 10.2 Å². The van der Waals surface area contributed by atoms with Gasteiger partial charge in [-0.15, -0.1) is 0 Å². The van der Waals surface area contributed by atoms with Gasteiger partial charge in [-0.1, -0.05) is 59.6 Å². The molecule has 0 radical (unpaired) electrons. The van der Waals surface area contributed by atoms with Crippen LogP contribution >= 0.6 is 11.6 Å². The lowest BCUT2D eigenvalue weighted by Crippen LogP contribution is -2.52. The molecule has 2 amide bonds. The van der Waals surface area contributed by atoms with Crippen molar-refractivity contribution in [3.05, 3.63) is 95.0 Å². The molecule has 0 saturated heterocycles. The molecule has 0 heterocycles. The summed E-state index contributed by atoms with van der Waals surface area (Å²) in [4.78, 5) is 28.1. The van der Waals surface area contributed by atoms with Crippen LogP contribution in [-0.4, -0.2) is 43.8 Å². The monoisotopic (exact) mass is 541 g/mol. The molecule has 0 aliphatic rings. The maximum absolute atomic E-state index is 13.8. The minimum atomic E-state index is -4.12. The number of carbonyl (C=O) groups is 2. The lowest BCUT2D eigenvalue weighted by Gasteiger charge is -2.32. The van der Waals surface area contributed by atoms with Crippen LogP contribution < -0.4 is 9.62 Å². The maximum atomic E-state index is 13.8. The van der Waals surface area contributed by atoms with Crippen molar-refractivity contribution in [3.63, 3.8) is 0 Å². The molecule has 1 atom stereocenters. The minimum Gasteiger partial charge on any atom is -0.352 e. The molecular weight excluding hydrogens is 510 g/mol. The Morgan fingerprint density at radius 2 is 1.49 bits per heavy atom. The van der Waals surface area contributed by atoms with E-state index < -0.39 is 28.5 Å². The van der Waals surface area contributed by atoms with E-state index in [4.69, 9.17) is 11.6 Å². The molecule has 3 aromatic carbocycles. The summed E-state index contributed by atoms with van der Waals surface area (Å²) < 4.78 is 28.5. The largest absolute Gasteiger partial charge is 0.352 e. The van der Waals surface area contributed by atoms with E-state index in [-0.39, 0.29) is 23.4 Å². The molecule has 1 N–H and O–H groups in total. The van der Waals surface area contributed by atoms with Gasteiger partial charge < -0.3 is 10.2 Å². The maximum Gasteiger partial charge on any atom is 0.264 e. The Morgan fingerprint density at radius 3 is 2.05 bits per heavy atom. The van der Waals surface area contributed by atoms with Crippen LogP contribution in [0.4, 0.5) is 5.69 Å². The van der Waals surface area contributed by atoms with Gasteiger partial charge in [0.2, 0.25) is 11.8 Å². The summed E-state index contributed by atoms with van der Waals surface area (Å²) in [7, 11) is -4.12. The highest BCUT2D eigenvalue weighted by Crippen LogP contribution is 2.26. The van der Waals surface area contributed by atoms with Crippen LogP contribution in [0.25, 0.3) is 0 Å². The van der Waals surface area contributed by atoms with Gasteiger partial charge in [-0.3, -0.25) is 13.9 Å². The zero-order valence-electron chi connectivity index (χ0n) is 21.4. The number of anilines is 1. The molecule has 7 nitrogen and oxygen atoms in total. The average molecular weight is 542 g/mol. The number of rotatable bonds is 10. The van der Waals surface area contributed by atoms with Gasteiger partial charge in [-0.2, -0.15) is 0 Å². The fraction of sp³-hybridized carbons (Fsp3) is 0.286. The van der Waals surface area contributed by atoms with Crippen LogP contribution in [0.15, 0.2) is 83.8 Å². The standard InChI is InChI=1S/C28H32ClN3O4S/c1-20(2)30-28(34)22(4)31(18-23-8-6-5-7-9-23)27(33)19-32(25-14-10-21(3)11-15-25)37(35,36)26-16-12-24(29)13-17-26/h5-17,20,22H,18-19H2,1-4H3,(H,30,34)/t22-/m0/s1. The average Bonchev–Trinajstić information content (AvgIpc) is 2.86. The zero-order chi connectivity index (χ0) is 27.2. The van der Waals surface area contributed by atoms with Gasteiger partial charge in [0.05, 0.1) is 10.6 Å². The molecule has 0 aromatic heterocycles. The summed E-state index contributed by atoms with van der Waals surface area (Å²) in [5.41, 5.74) is 2.11. The first-order chi connectivity index (χ1) is 17.5. The number of halogens is 1. The van der Waals surface area contributed by atoms with Crippen LogP contribution in [0.2, 0.25) is 5.02 Å². The van der Waals surface area contributed by atoms with Crippen molar-refractivity contribution in [2.75, 3.05) is 10.8 Å². The number of hydrogen-bond acceptors (Lipinski definition) is 4. The topological polar surface area (TPSA) is 86.8 Å². The molecule has 3 rings (SSSR count). The lowest BCUT2D eigenvalue weighted by atomic mass is 10.1. The molecule has 0 aliphatic carbocycles. The van der Waals surface area contributed by atoms with E-state index in [2.05, 4.69) is 5.32 Å². The molecule has 0 spiro atoms. The highest BCUT2D eigenvalue weighted by Gasteiger charge is 2.32. The Morgan fingerprint density at radius 1 is 0.892 bits per heavy atom. The van der Waals surface area contributed by atoms with E-state index >= 15 is 0 Å². The predicted molar refractivity (Wildman–Crippen MR) is 147 cm³/mol. The Kier molecular flexibility index (Phi) is 9.34. The summed E-state index contributed by atoms with van der Waals surface area (Å²) >= 11 is 5.97. The van der Waals surface area contributed by atoms with Gasteiger partial charge in [-0.25, -0.2) is 8.42 Å². The first kappa shape index (κ1) is 28.2. The Hall–Kier alpha value is -3.36. The molecule has 0 saturated carbocycles. The second kappa shape index (κ2) is 12.3. The van der Waals surface area contributed by atoms with Crippen LogP contribution in [0, 0.1) is 6.92 Å². The number of hydrogen-bond donors (Lipinski definition) is 1. The molecule has 37 heavy (non-hydrogen) atoms.